The molecule has 0 aromatic heterocycles. The first-order chi connectivity index (χ1) is 18.5. The Hall–Kier alpha value is -2.44. The van der Waals surface area contributed by atoms with Gasteiger partial charge in [0.05, 0.1) is 19.1 Å². The lowest BCUT2D eigenvalue weighted by atomic mass is 9.97. The molecule has 1 fully saturated rings. The highest BCUT2D eigenvalue weighted by Crippen LogP contribution is 2.34. The molecule has 1 N–H and O–H groups in total. The van der Waals surface area contributed by atoms with Crippen molar-refractivity contribution in [3.8, 4) is 11.5 Å². The Kier molecular flexibility index (Phi) is 11.8. The standard InChI is InChI=1S/C29H46O10Si/c1-28(2,3)27(32)36-17-23-25(39-29(4,5)38-23)21(30)12-11-19-15-20(34-7)16-22(37-18-33-6)24(19)26(31)35-13-14-40(8,9)10/h11-12,15-16,21,23,25,30H,13-14,17-18H2,1-10H3/b12-11+/t21-,23?,25?/m0/s1. The van der Waals surface area contributed by atoms with Crippen LogP contribution >= 0.6 is 0 Å². The van der Waals surface area contributed by atoms with Gasteiger partial charge in [-0.2, -0.15) is 0 Å². The minimum Gasteiger partial charge on any atom is -0.497 e. The quantitative estimate of drug-likeness (QED) is 0.200. The van der Waals surface area contributed by atoms with E-state index in [-0.39, 0.29) is 37.3 Å². The van der Waals surface area contributed by atoms with Crippen LogP contribution in [0, 0.1) is 5.41 Å². The van der Waals surface area contributed by atoms with Crippen molar-refractivity contribution in [3.05, 3.63) is 29.3 Å². The van der Waals surface area contributed by atoms with Gasteiger partial charge < -0.3 is 38.3 Å². The van der Waals surface area contributed by atoms with E-state index >= 15 is 0 Å². The van der Waals surface area contributed by atoms with Crippen LogP contribution in [-0.4, -0.2) is 83.4 Å². The summed E-state index contributed by atoms with van der Waals surface area (Å²) in [6, 6.07) is 4.04. The fourth-order valence-electron chi connectivity index (χ4n) is 3.80. The van der Waals surface area contributed by atoms with Gasteiger partial charge in [-0.1, -0.05) is 31.8 Å². The van der Waals surface area contributed by atoms with Gasteiger partial charge in [-0.25, -0.2) is 4.79 Å². The van der Waals surface area contributed by atoms with Crippen molar-refractivity contribution < 1.29 is 47.9 Å². The summed E-state index contributed by atoms with van der Waals surface area (Å²) in [7, 11) is 1.55. The van der Waals surface area contributed by atoms with Crippen LogP contribution in [0.3, 0.4) is 0 Å². The molecule has 0 radical (unpaired) electrons. The summed E-state index contributed by atoms with van der Waals surface area (Å²) in [5.74, 6) is -1.29. The van der Waals surface area contributed by atoms with E-state index in [9.17, 15) is 14.7 Å². The third-order valence-electron chi connectivity index (χ3n) is 5.99. The number of esters is 2. The number of ether oxygens (including phenoxy) is 7. The third kappa shape index (κ3) is 10.2. The molecule has 0 spiro atoms. The highest BCUT2D eigenvalue weighted by atomic mass is 28.3. The average molecular weight is 583 g/mol. The van der Waals surface area contributed by atoms with E-state index in [4.69, 9.17) is 33.2 Å². The van der Waals surface area contributed by atoms with Gasteiger partial charge in [-0.15, -0.1) is 0 Å². The molecular weight excluding hydrogens is 536 g/mol. The summed E-state index contributed by atoms with van der Waals surface area (Å²) in [5.41, 5.74) is -0.0919. The molecule has 1 saturated heterocycles. The third-order valence-corrected chi connectivity index (χ3v) is 7.69. The number of hydrogen-bond donors (Lipinski definition) is 1. The monoisotopic (exact) mass is 582 g/mol. The maximum atomic E-state index is 13.2. The van der Waals surface area contributed by atoms with Gasteiger partial charge in [0, 0.05) is 21.3 Å². The minimum absolute atomic E-state index is 0.0854. The zero-order chi connectivity index (χ0) is 30.3. The molecule has 0 saturated carbocycles. The summed E-state index contributed by atoms with van der Waals surface area (Å²) < 4.78 is 39.1. The van der Waals surface area contributed by atoms with Crippen LogP contribution in [0.4, 0.5) is 0 Å². The van der Waals surface area contributed by atoms with Crippen LogP contribution in [0.15, 0.2) is 18.2 Å². The molecule has 0 bridgehead atoms. The van der Waals surface area contributed by atoms with E-state index in [0.29, 0.717) is 11.3 Å². The summed E-state index contributed by atoms with van der Waals surface area (Å²) in [4.78, 5) is 25.5. The van der Waals surface area contributed by atoms with Crippen molar-refractivity contribution >= 4 is 26.1 Å². The number of rotatable bonds is 13. The number of aliphatic hydroxyl groups is 1. The first kappa shape index (κ1) is 33.8. The number of methoxy groups -OCH3 is 2. The van der Waals surface area contributed by atoms with Crippen LogP contribution in [-0.2, 0) is 28.5 Å². The first-order valence-corrected chi connectivity index (χ1v) is 17.1. The molecule has 1 heterocycles. The Bertz CT molecular complexity index is 1040. The summed E-state index contributed by atoms with van der Waals surface area (Å²) >= 11 is 0. The van der Waals surface area contributed by atoms with Crippen LogP contribution in [0.1, 0.15) is 50.5 Å². The smallest absolute Gasteiger partial charge is 0.342 e. The summed E-state index contributed by atoms with van der Waals surface area (Å²) in [5, 5.41) is 11.1. The maximum Gasteiger partial charge on any atom is 0.342 e. The molecule has 1 aromatic carbocycles. The molecule has 226 valence electrons. The van der Waals surface area contributed by atoms with Crippen molar-refractivity contribution in [2.75, 3.05) is 34.2 Å². The lowest BCUT2D eigenvalue weighted by Gasteiger charge is -2.22. The number of hydrogen-bond acceptors (Lipinski definition) is 10. The molecule has 11 heteroatoms. The average Bonchev–Trinajstić information content (AvgIpc) is 3.16. The Labute approximate surface area is 238 Å². The lowest BCUT2D eigenvalue weighted by Crippen LogP contribution is -2.38. The highest BCUT2D eigenvalue weighted by molar-refractivity contribution is 6.76. The van der Waals surface area contributed by atoms with Crippen molar-refractivity contribution in [3.63, 3.8) is 0 Å². The Balaban J connectivity index is 2.35. The van der Waals surface area contributed by atoms with Gasteiger partial charge in [0.1, 0.15) is 42.0 Å². The van der Waals surface area contributed by atoms with Gasteiger partial charge in [0.25, 0.3) is 0 Å². The van der Waals surface area contributed by atoms with Crippen LogP contribution < -0.4 is 9.47 Å². The predicted molar refractivity (Wildman–Crippen MR) is 153 cm³/mol. The SMILES string of the molecule is COCOc1cc(OC)cc(/C=C/[C@H](O)C2OC(C)(C)OC2COC(=O)C(C)(C)C)c1C(=O)OCC[Si](C)(C)C. The topological polar surface area (TPSA) is 119 Å². The second-order valence-corrected chi connectivity index (χ2v) is 18.0. The Morgan fingerprint density at radius 1 is 1.12 bits per heavy atom. The van der Waals surface area contributed by atoms with Crippen molar-refractivity contribution in [1.82, 2.24) is 0 Å². The number of benzene rings is 1. The Morgan fingerprint density at radius 2 is 1.80 bits per heavy atom. The van der Waals surface area contributed by atoms with Gasteiger partial charge in [0.2, 0.25) is 0 Å². The molecule has 40 heavy (non-hydrogen) atoms. The zero-order valence-corrected chi connectivity index (χ0v) is 26.5. The fraction of sp³-hybridized carbons (Fsp3) is 0.655. The predicted octanol–water partition coefficient (Wildman–Crippen LogP) is 4.66. The van der Waals surface area contributed by atoms with E-state index in [0.717, 1.165) is 6.04 Å². The van der Waals surface area contributed by atoms with Crippen LogP contribution in [0.25, 0.3) is 6.08 Å². The summed E-state index contributed by atoms with van der Waals surface area (Å²) in [6.07, 6.45) is 0.362. The van der Waals surface area contributed by atoms with E-state index in [1.807, 2.05) is 0 Å². The second-order valence-electron chi connectivity index (χ2n) is 12.4. The molecule has 1 aliphatic heterocycles. The molecule has 0 amide bonds. The van der Waals surface area contributed by atoms with Gasteiger partial charge >= 0.3 is 11.9 Å². The van der Waals surface area contributed by atoms with Crippen molar-refractivity contribution in [1.29, 1.82) is 0 Å². The van der Waals surface area contributed by atoms with Crippen molar-refractivity contribution in [2.45, 2.75) is 84.4 Å². The molecule has 2 rings (SSSR count). The normalized spacial score (nSPS) is 19.9. The van der Waals surface area contributed by atoms with Crippen LogP contribution in [0.2, 0.25) is 25.7 Å². The number of carbonyl (C=O) groups is 2. The van der Waals surface area contributed by atoms with E-state index in [1.165, 1.54) is 20.3 Å². The number of carbonyl (C=O) groups excluding carboxylic acids is 2. The molecule has 1 aliphatic rings. The summed E-state index contributed by atoms with van der Waals surface area (Å²) in [6.45, 7) is 15.4. The second kappa shape index (κ2) is 14.0. The zero-order valence-electron chi connectivity index (χ0n) is 25.5. The first-order valence-electron chi connectivity index (χ1n) is 13.4. The molecule has 10 nitrogen and oxygen atoms in total. The van der Waals surface area contributed by atoms with Crippen molar-refractivity contribution in [2.24, 2.45) is 5.41 Å². The number of aliphatic hydroxyl groups excluding tert-OH is 1. The van der Waals surface area contributed by atoms with Crippen LogP contribution in [0.5, 0.6) is 11.5 Å². The molecule has 0 aliphatic carbocycles. The largest absolute Gasteiger partial charge is 0.497 e. The maximum absolute atomic E-state index is 13.2. The molecular formula is C29H46O10Si. The van der Waals surface area contributed by atoms with E-state index in [1.54, 1.807) is 52.8 Å². The molecule has 3 atom stereocenters. The minimum atomic E-state index is -1.43. The highest BCUT2D eigenvalue weighted by Gasteiger charge is 2.45. The lowest BCUT2D eigenvalue weighted by molar-refractivity contribution is -0.166. The molecule has 1 aromatic rings. The fourth-order valence-corrected chi connectivity index (χ4v) is 4.52. The Morgan fingerprint density at radius 3 is 2.38 bits per heavy atom. The van der Waals surface area contributed by atoms with E-state index in [2.05, 4.69) is 19.6 Å². The van der Waals surface area contributed by atoms with E-state index < -0.39 is 43.6 Å². The van der Waals surface area contributed by atoms with Gasteiger partial charge in [-0.05, 0) is 52.3 Å². The van der Waals surface area contributed by atoms with Gasteiger partial charge in [-0.3, -0.25) is 4.79 Å². The molecule has 2 unspecified atom stereocenters. The van der Waals surface area contributed by atoms with Gasteiger partial charge in [0.15, 0.2) is 12.6 Å².